The van der Waals surface area contributed by atoms with E-state index in [9.17, 15) is 4.39 Å². The van der Waals surface area contributed by atoms with Crippen molar-refractivity contribution in [2.24, 2.45) is 0 Å². The summed E-state index contributed by atoms with van der Waals surface area (Å²) in [5.41, 5.74) is 1.42. The normalized spacial score (nSPS) is 10.5. The van der Waals surface area contributed by atoms with E-state index in [0.29, 0.717) is 16.5 Å². The van der Waals surface area contributed by atoms with Gasteiger partial charge in [-0.25, -0.2) is 14.4 Å². The molecule has 0 aliphatic heterocycles. The van der Waals surface area contributed by atoms with E-state index in [4.69, 9.17) is 11.6 Å². The fraction of sp³-hybridized carbons (Fsp3) is 0.0909. The summed E-state index contributed by atoms with van der Waals surface area (Å²) in [7, 11) is 0. The van der Waals surface area contributed by atoms with Crippen LogP contribution in [0.4, 0.5) is 4.39 Å². The van der Waals surface area contributed by atoms with Gasteiger partial charge in [-0.1, -0.05) is 23.7 Å². The van der Waals surface area contributed by atoms with Crippen molar-refractivity contribution < 1.29 is 4.39 Å². The van der Waals surface area contributed by atoms with Crippen LogP contribution in [-0.4, -0.2) is 9.97 Å². The molecule has 0 amide bonds. The van der Waals surface area contributed by atoms with E-state index < -0.39 is 0 Å². The van der Waals surface area contributed by atoms with Crippen LogP contribution >= 0.6 is 34.2 Å². The fourth-order valence-corrected chi connectivity index (χ4v) is 1.74. The summed E-state index contributed by atoms with van der Waals surface area (Å²) in [6.45, 7) is 1.85. The SMILES string of the molecule is Cc1nc(-c2cccc(F)c2)nc(Cl)c1I. The van der Waals surface area contributed by atoms with Gasteiger partial charge in [-0.2, -0.15) is 0 Å². The molecule has 0 spiro atoms. The minimum atomic E-state index is -0.312. The maximum Gasteiger partial charge on any atom is 0.161 e. The molecule has 2 aromatic rings. The predicted octanol–water partition coefficient (Wildman–Crippen LogP) is 3.85. The van der Waals surface area contributed by atoms with Crippen LogP contribution in [0, 0.1) is 16.3 Å². The van der Waals surface area contributed by atoms with E-state index in [1.807, 2.05) is 6.92 Å². The summed E-state index contributed by atoms with van der Waals surface area (Å²) in [5, 5.41) is 0.396. The topological polar surface area (TPSA) is 25.8 Å². The number of hydrogen-bond donors (Lipinski definition) is 0. The van der Waals surface area contributed by atoms with E-state index in [0.717, 1.165) is 9.26 Å². The summed E-state index contributed by atoms with van der Waals surface area (Å²) in [6.07, 6.45) is 0. The first-order valence-corrected chi connectivity index (χ1v) is 5.99. The van der Waals surface area contributed by atoms with Gasteiger partial charge in [0.15, 0.2) is 5.82 Å². The standard InChI is InChI=1S/C11H7ClFIN2/c1-6-9(14)10(12)16-11(15-6)7-3-2-4-8(13)5-7/h2-5H,1H3. The monoisotopic (exact) mass is 348 g/mol. The first-order chi connectivity index (χ1) is 7.58. The van der Waals surface area contributed by atoms with Crippen LogP contribution in [0.2, 0.25) is 5.15 Å². The van der Waals surface area contributed by atoms with Crippen molar-refractivity contribution >= 4 is 34.2 Å². The molecule has 0 saturated carbocycles. The Hall–Kier alpha value is -0.750. The molecule has 0 radical (unpaired) electrons. The molecular weight excluding hydrogens is 341 g/mol. The van der Waals surface area contributed by atoms with Gasteiger partial charge in [-0.3, -0.25) is 0 Å². The number of halogens is 3. The van der Waals surface area contributed by atoms with Crippen molar-refractivity contribution in [3.8, 4) is 11.4 Å². The molecule has 0 aliphatic rings. The summed E-state index contributed by atoms with van der Waals surface area (Å²) >= 11 is 8.04. The molecule has 0 unspecified atom stereocenters. The highest BCUT2D eigenvalue weighted by Crippen LogP contribution is 2.23. The Morgan fingerprint density at radius 1 is 1.31 bits per heavy atom. The molecule has 1 heterocycles. The van der Waals surface area contributed by atoms with Crippen LogP contribution in [-0.2, 0) is 0 Å². The second-order valence-electron chi connectivity index (χ2n) is 3.25. The Morgan fingerprint density at radius 2 is 2.06 bits per heavy atom. The van der Waals surface area contributed by atoms with Crippen LogP contribution in [0.25, 0.3) is 11.4 Å². The largest absolute Gasteiger partial charge is 0.232 e. The van der Waals surface area contributed by atoms with E-state index in [1.54, 1.807) is 12.1 Å². The van der Waals surface area contributed by atoms with E-state index in [-0.39, 0.29) is 5.82 Å². The summed E-state index contributed by atoms with van der Waals surface area (Å²) in [5.74, 6) is 0.135. The maximum absolute atomic E-state index is 13.0. The van der Waals surface area contributed by atoms with E-state index >= 15 is 0 Å². The highest BCUT2D eigenvalue weighted by atomic mass is 127. The zero-order chi connectivity index (χ0) is 11.7. The smallest absolute Gasteiger partial charge is 0.161 e. The molecule has 0 N–H and O–H groups in total. The molecule has 1 aromatic carbocycles. The van der Waals surface area contributed by atoms with Gasteiger partial charge in [-0.05, 0) is 41.6 Å². The highest BCUT2D eigenvalue weighted by molar-refractivity contribution is 14.1. The molecule has 5 heteroatoms. The first-order valence-electron chi connectivity index (χ1n) is 4.53. The average Bonchev–Trinajstić information content (AvgIpc) is 2.25. The van der Waals surface area contributed by atoms with Crippen molar-refractivity contribution in [2.45, 2.75) is 6.92 Å². The van der Waals surface area contributed by atoms with Crippen molar-refractivity contribution in [2.75, 3.05) is 0 Å². The Balaban J connectivity index is 2.57. The molecule has 16 heavy (non-hydrogen) atoms. The lowest BCUT2D eigenvalue weighted by molar-refractivity contribution is 0.628. The lowest BCUT2D eigenvalue weighted by Crippen LogP contribution is -1.96. The first kappa shape index (κ1) is 11.7. The van der Waals surface area contributed by atoms with Gasteiger partial charge in [0.05, 0.1) is 9.26 Å². The van der Waals surface area contributed by atoms with Gasteiger partial charge in [0.2, 0.25) is 0 Å². The van der Waals surface area contributed by atoms with Gasteiger partial charge in [0.1, 0.15) is 11.0 Å². The Morgan fingerprint density at radius 3 is 2.69 bits per heavy atom. The average molecular weight is 349 g/mol. The second kappa shape index (κ2) is 4.63. The van der Waals surface area contributed by atoms with Gasteiger partial charge < -0.3 is 0 Å². The number of aryl methyl sites for hydroxylation is 1. The van der Waals surface area contributed by atoms with E-state index in [2.05, 4.69) is 32.6 Å². The molecule has 0 saturated heterocycles. The number of rotatable bonds is 1. The minimum Gasteiger partial charge on any atom is -0.232 e. The molecule has 0 atom stereocenters. The summed E-state index contributed by atoms with van der Waals surface area (Å²) < 4.78 is 13.9. The quantitative estimate of drug-likeness (QED) is 0.578. The summed E-state index contributed by atoms with van der Waals surface area (Å²) in [6, 6.07) is 6.14. The zero-order valence-electron chi connectivity index (χ0n) is 8.34. The second-order valence-corrected chi connectivity index (χ2v) is 4.68. The molecule has 2 rings (SSSR count). The van der Waals surface area contributed by atoms with Crippen LogP contribution in [0.1, 0.15) is 5.69 Å². The number of benzene rings is 1. The van der Waals surface area contributed by atoms with Crippen LogP contribution < -0.4 is 0 Å². The minimum absolute atomic E-state index is 0.312. The Labute approximate surface area is 111 Å². The van der Waals surface area contributed by atoms with Crippen LogP contribution in [0.15, 0.2) is 24.3 Å². The van der Waals surface area contributed by atoms with Crippen molar-refractivity contribution in [1.82, 2.24) is 9.97 Å². The van der Waals surface area contributed by atoms with Crippen LogP contribution in [0.5, 0.6) is 0 Å². The third-order valence-electron chi connectivity index (χ3n) is 2.06. The third kappa shape index (κ3) is 2.32. The molecule has 0 bridgehead atoms. The number of hydrogen-bond acceptors (Lipinski definition) is 2. The lowest BCUT2D eigenvalue weighted by Gasteiger charge is -2.04. The molecule has 0 aliphatic carbocycles. The molecular formula is C11H7ClFIN2. The van der Waals surface area contributed by atoms with Crippen molar-refractivity contribution in [1.29, 1.82) is 0 Å². The van der Waals surface area contributed by atoms with Crippen molar-refractivity contribution in [3.05, 3.63) is 44.5 Å². The van der Waals surface area contributed by atoms with E-state index in [1.165, 1.54) is 12.1 Å². The predicted molar refractivity (Wildman–Crippen MR) is 69.9 cm³/mol. The highest BCUT2D eigenvalue weighted by Gasteiger charge is 2.09. The van der Waals surface area contributed by atoms with Gasteiger partial charge in [0, 0.05) is 5.56 Å². The molecule has 82 valence electrons. The maximum atomic E-state index is 13.0. The van der Waals surface area contributed by atoms with Gasteiger partial charge >= 0.3 is 0 Å². The van der Waals surface area contributed by atoms with Gasteiger partial charge in [-0.15, -0.1) is 0 Å². The summed E-state index contributed by atoms with van der Waals surface area (Å²) in [4.78, 5) is 8.40. The molecule has 2 nitrogen and oxygen atoms in total. The third-order valence-corrected chi connectivity index (χ3v) is 3.94. The zero-order valence-corrected chi connectivity index (χ0v) is 11.3. The molecule has 0 fully saturated rings. The number of aromatic nitrogens is 2. The number of nitrogens with zero attached hydrogens (tertiary/aromatic N) is 2. The fourth-order valence-electron chi connectivity index (χ4n) is 1.28. The Bertz CT molecular complexity index is 522. The van der Waals surface area contributed by atoms with Crippen molar-refractivity contribution in [3.63, 3.8) is 0 Å². The molecule has 1 aromatic heterocycles. The lowest BCUT2D eigenvalue weighted by atomic mass is 10.2. The Kier molecular flexibility index (Phi) is 3.39. The van der Waals surface area contributed by atoms with Gasteiger partial charge in [0.25, 0.3) is 0 Å². The van der Waals surface area contributed by atoms with Crippen LogP contribution in [0.3, 0.4) is 0 Å².